The van der Waals surface area contributed by atoms with Crippen LogP contribution in [-0.4, -0.2) is 23.6 Å². The number of hydrogen-bond acceptors (Lipinski definition) is 6. The number of carbonyl (C=O) groups is 2. The number of anilines is 1. The molecule has 0 radical (unpaired) electrons. The van der Waals surface area contributed by atoms with Crippen LogP contribution in [0, 0.1) is 6.92 Å². The molecule has 0 saturated carbocycles. The third-order valence-corrected chi connectivity index (χ3v) is 4.15. The van der Waals surface area contributed by atoms with Gasteiger partial charge in [-0.1, -0.05) is 41.6 Å². The Hall–Kier alpha value is -3.61. The molecular weight excluding hydrogens is 348 g/mol. The molecule has 0 saturated heterocycles. The summed E-state index contributed by atoms with van der Waals surface area (Å²) in [5.41, 5.74) is 2.04. The van der Waals surface area contributed by atoms with E-state index in [1.165, 1.54) is 0 Å². The highest BCUT2D eigenvalue weighted by Crippen LogP contribution is 2.44. The normalized spacial score (nSPS) is 12.5. The first-order valence-corrected chi connectivity index (χ1v) is 8.37. The minimum Gasteiger partial charge on any atom is -0.457 e. The number of amides is 1. The standard InChI is InChI=1S/C20H16N2O5/c1-12-10-18(27-22-12)21-17(23)11-25-20(24)19-13-6-2-4-8-15(13)26-16-9-5-3-7-14(16)19/h2-10,19H,11H2,1H3,(H,21,23). The van der Waals surface area contributed by atoms with Gasteiger partial charge in [-0.05, 0) is 19.1 Å². The van der Waals surface area contributed by atoms with Crippen molar-refractivity contribution in [3.63, 3.8) is 0 Å². The second kappa shape index (κ2) is 6.95. The predicted molar refractivity (Wildman–Crippen MR) is 95.6 cm³/mol. The van der Waals surface area contributed by atoms with Crippen molar-refractivity contribution in [2.24, 2.45) is 0 Å². The van der Waals surface area contributed by atoms with Gasteiger partial charge in [0, 0.05) is 17.2 Å². The van der Waals surface area contributed by atoms with E-state index in [4.69, 9.17) is 14.0 Å². The van der Waals surface area contributed by atoms with Gasteiger partial charge < -0.3 is 14.0 Å². The van der Waals surface area contributed by atoms with Gasteiger partial charge in [0.2, 0.25) is 5.88 Å². The van der Waals surface area contributed by atoms with Gasteiger partial charge in [-0.25, -0.2) is 0 Å². The molecule has 3 aromatic rings. The van der Waals surface area contributed by atoms with Crippen LogP contribution in [0.5, 0.6) is 11.5 Å². The third kappa shape index (κ3) is 3.39. The van der Waals surface area contributed by atoms with Crippen LogP contribution in [0.3, 0.4) is 0 Å². The highest BCUT2D eigenvalue weighted by atomic mass is 16.5. The van der Waals surface area contributed by atoms with Gasteiger partial charge in [0.15, 0.2) is 6.61 Å². The van der Waals surface area contributed by atoms with Crippen molar-refractivity contribution in [3.8, 4) is 11.5 Å². The summed E-state index contributed by atoms with van der Waals surface area (Å²) in [6.45, 7) is 1.31. The Kier molecular flexibility index (Phi) is 4.33. The molecule has 2 aromatic carbocycles. The largest absolute Gasteiger partial charge is 0.457 e. The van der Waals surface area contributed by atoms with Gasteiger partial charge in [0.1, 0.15) is 17.4 Å². The van der Waals surface area contributed by atoms with Crippen LogP contribution in [0.25, 0.3) is 0 Å². The first-order valence-electron chi connectivity index (χ1n) is 8.37. The Morgan fingerprint density at radius 1 is 1.07 bits per heavy atom. The smallest absolute Gasteiger partial charge is 0.318 e. The Bertz CT molecular complexity index is 965. The number of benzene rings is 2. The zero-order valence-corrected chi connectivity index (χ0v) is 14.5. The molecule has 7 heteroatoms. The molecule has 1 aliphatic rings. The second-order valence-electron chi connectivity index (χ2n) is 6.10. The van der Waals surface area contributed by atoms with E-state index in [1.807, 2.05) is 36.4 Å². The maximum atomic E-state index is 12.8. The van der Waals surface area contributed by atoms with Gasteiger partial charge in [-0.3, -0.25) is 14.9 Å². The number of ether oxygens (including phenoxy) is 2. The molecule has 0 unspecified atom stereocenters. The average Bonchev–Trinajstić information content (AvgIpc) is 3.08. The molecule has 4 rings (SSSR count). The summed E-state index contributed by atoms with van der Waals surface area (Å²) in [5, 5.41) is 6.17. The van der Waals surface area contributed by atoms with Gasteiger partial charge in [0.25, 0.3) is 5.91 Å². The van der Waals surface area contributed by atoms with E-state index < -0.39 is 24.4 Å². The molecule has 0 spiro atoms. The number of fused-ring (bicyclic) bond motifs is 2. The Balaban J connectivity index is 1.51. The van der Waals surface area contributed by atoms with Crippen molar-refractivity contribution in [1.82, 2.24) is 5.16 Å². The molecule has 1 aromatic heterocycles. The van der Waals surface area contributed by atoms with Crippen LogP contribution in [0.1, 0.15) is 22.7 Å². The summed E-state index contributed by atoms with van der Waals surface area (Å²) < 4.78 is 16.0. The van der Waals surface area contributed by atoms with Crippen molar-refractivity contribution in [2.45, 2.75) is 12.8 Å². The molecule has 27 heavy (non-hydrogen) atoms. The van der Waals surface area contributed by atoms with Crippen LogP contribution < -0.4 is 10.1 Å². The lowest BCUT2D eigenvalue weighted by Gasteiger charge is -2.26. The van der Waals surface area contributed by atoms with Crippen LogP contribution in [-0.2, 0) is 14.3 Å². The van der Waals surface area contributed by atoms with Crippen molar-refractivity contribution in [1.29, 1.82) is 0 Å². The number of aryl methyl sites for hydroxylation is 1. The first-order chi connectivity index (χ1) is 13.1. The molecule has 1 aliphatic heterocycles. The number of esters is 1. The zero-order valence-electron chi connectivity index (χ0n) is 14.5. The SMILES string of the molecule is Cc1cc(NC(=O)COC(=O)C2c3ccccc3Oc3ccccc32)on1. The summed E-state index contributed by atoms with van der Waals surface area (Å²) in [7, 11) is 0. The molecule has 1 amide bonds. The third-order valence-electron chi connectivity index (χ3n) is 4.15. The van der Waals surface area contributed by atoms with Crippen molar-refractivity contribution in [2.75, 3.05) is 11.9 Å². The minimum atomic E-state index is -0.661. The van der Waals surface area contributed by atoms with Crippen LogP contribution in [0.15, 0.2) is 59.1 Å². The fraction of sp³-hybridized carbons (Fsp3) is 0.150. The quantitative estimate of drug-likeness (QED) is 0.714. The van der Waals surface area contributed by atoms with Crippen LogP contribution >= 0.6 is 0 Å². The summed E-state index contributed by atoms with van der Waals surface area (Å²) in [5.74, 6) is -0.295. The predicted octanol–water partition coefficient (Wildman–Crippen LogP) is 3.40. The molecule has 136 valence electrons. The van der Waals surface area contributed by atoms with E-state index in [0.717, 1.165) is 0 Å². The molecular formula is C20H16N2O5. The van der Waals surface area contributed by atoms with Crippen LogP contribution in [0.4, 0.5) is 5.88 Å². The molecule has 1 N–H and O–H groups in total. The minimum absolute atomic E-state index is 0.204. The second-order valence-corrected chi connectivity index (χ2v) is 6.10. The number of nitrogens with zero attached hydrogens (tertiary/aromatic N) is 1. The van der Waals surface area contributed by atoms with Crippen molar-refractivity contribution < 1.29 is 23.6 Å². The van der Waals surface area contributed by atoms with E-state index in [9.17, 15) is 9.59 Å². The number of rotatable bonds is 4. The number of aromatic nitrogens is 1. The number of hydrogen-bond donors (Lipinski definition) is 1. The van der Waals surface area contributed by atoms with Gasteiger partial charge >= 0.3 is 5.97 Å². The highest BCUT2D eigenvalue weighted by molar-refractivity contribution is 5.93. The summed E-state index contributed by atoms with van der Waals surface area (Å²) in [6.07, 6.45) is 0. The van der Waals surface area contributed by atoms with E-state index >= 15 is 0 Å². The van der Waals surface area contributed by atoms with E-state index in [0.29, 0.717) is 28.3 Å². The van der Waals surface area contributed by atoms with Gasteiger partial charge in [-0.2, -0.15) is 0 Å². The molecule has 7 nitrogen and oxygen atoms in total. The summed E-state index contributed by atoms with van der Waals surface area (Å²) >= 11 is 0. The molecule has 0 fully saturated rings. The van der Waals surface area contributed by atoms with Crippen molar-refractivity contribution in [3.05, 3.63) is 71.4 Å². The monoisotopic (exact) mass is 364 g/mol. The lowest BCUT2D eigenvalue weighted by molar-refractivity contribution is -0.148. The van der Waals surface area contributed by atoms with E-state index in [1.54, 1.807) is 25.1 Å². The molecule has 0 aliphatic carbocycles. The van der Waals surface area contributed by atoms with Gasteiger partial charge in [0.05, 0.1) is 5.69 Å². The zero-order chi connectivity index (χ0) is 18.8. The highest BCUT2D eigenvalue weighted by Gasteiger charge is 2.33. The Morgan fingerprint density at radius 2 is 1.70 bits per heavy atom. The Labute approximate surface area is 154 Å². The maximum absolute atomic E-state index is 12.8. The Morgan fingerprint density at radius 3 is 2.30 bits per heavy atom. The fourth-order valence-corrected chi connectivity index (χ4v) is 2.98. The summed E-state index contributed by atoms with van der Waals surface area (Å²) in [6, 6.07) is 16.1. The number of para-hydroxylation sites is 2. The molecule has 0 bridgehead atoms. The lowest BCUT2D eigenvalue weighted by Crippen LogP contribution is -2.26. The number of carbonyl (C=O) groups excluding carboxylic acids is 2. The lowest BCUT2D eigenvalue weighted by atomic mass is 9.88. The fourth-order valence-electron chi connectivity index (χ4n) is 2.98. The molecule has 2 heterocycles. The van der Waals surface area contributed by atoms with E-state index in [2.05, 4.69) is 10.5 Å². The van der Waals surface area contributed by atoms with Crippen LogP contribution in [0.2, 0.25) is 0 Å². The molecule has 0 atom stereocenters. The summed E-state index contributed by atoms with van der Waals surface area (Å²) in [4.78, 5) is 24.8. The van der Waals surface area contributed by atoms with Gasteiger partial charge in [-0.15, -0.1) is 0 Å². The maximum Gasteiger partial charge on any atom is 0.318 e. The topological polar surface area (TPSA) is 90.7 Å². The number of nitrogens with one attached hydrogen (secondary N) is 1. The van der Waals surface area contributed by atoms with Crippen molar-refractivity contribution >= 4 is 17.8 Å². The first kappa shape index (κ1) is 16.8. The van der Waals surface area contributed by atoms with E-state index in [-0.39, 0.29) is 5.88 Å². The average molecular weight is 364 g/mol.